The average Bonchev–Trinajstić information content (AvgIpc) is 3.02. The van der Waals surface area contributed by atoms with Crippen molar-refractivity contribution in [3.05, 3.63) is 53.8 Å². The van der Waals surface area contributed by atoms with Crippen LogP contribution < -0.4 is 20.1 Å². The number of carbonyl (C=O) groups is 2. The quantitative estimate of drug-likeness (QED) is 0.882. The standard InChI is InChI=1S/C17H15FN2O4/c18-13-4-2-1-3-12(13)17(22)19-8-7-16(21)20-11-5-6-14-15(9-11)24-10-23-14/h1-6,9H,7-8,10H2,(H,19,22)(H,20,21). The van der Waals surface area contributed by atoms with E-state index in [-0.39, 0.29) is 31.2 Å². The van der Waals surface area contributed by atoms with E-state index in [2.05, 4.69) is 10.6 Å². The molecule has 24 heavy (non-hydrogen) atoms. The number of amides is 2. The van der Waals surface area contributed by atoms with Gasteiger partial charge in [-0.3, -0.25) is 9.59 Å². The Morgan fingerprint density at radius 2 is 1.88 bits per heavy atom. The van der Waals surface area contributed by atoms with E-state index in [1.807, 2.05) is 0 Å². The maximum absolute atomic E-state index is 13.5. The summed E-state index contributed by atoms with van der Waals surface area (Å²) in [6, 6.07) is 10.7. The molecule has 1 heterocycles. The van der Waals surface area contributed by atoms with Gasteiger partial charge in [0.2, 0.25) is 12.7 Å². The lowest BCUT2D eigenvalue weighted by Crippen LogP contribution is -2.28. The maximum Gasteiger partial charge on any atom is 0.254 e. The van der Waals surface area contributed by atoms with Crippen molar-refractivity contribution in [1.82, 2.24) is 5.32 Å². The van der Waals surface area contributed by atoms with Crippen molar-refractivity contribution >= 4 is 17.5 Å². The van der Waals surface area contributed by atoms with Gasteiger partial charge in [0.25, 0.3) is 5.91 Å². The fraction of sp³-hybridized carbons (Fsp3) is 0.176. The van der Waals surface area contributed by atoms with Crippen LogP contribution in [0, 0.1) is 5.82 Å². The number of nitrogens with one attached hydrogen (secondary N) is 2. The monoisotopic (exact) mass is 330 g/mol. The fourth-order valence-electron chi connectivity index (χ4n) is 2.23. The van der Waals surface area contributed by atoms with E-state index in [0.29, 0.717) is 17.2 Å². The molecule has 6 nitrogen and oxygen atoms in total. The molecule has 2 aromatic rings. The summed E-state index contributed by atoms with van der Waals surface area (Å²) in [6.07, 6.45) is 0.0641. The minimum atomic E-state index is -0.597. The SMILES string of the molecule is O=C(CCNC(=O)c1ccccc1F)Nc1ccc2c(c1)OCO2. The first-order chi connectivity index (χ1) is 11.6. The molecule has 0 aliphatic carbocycles. The molecular weight excluding hydrogens is 315 g/mol. The zero-order chi connectivity index (χ0) is 16.9. The van der Waals surface area contributed by atoms with Gasteiger partial charge in [0.1, 0.15) is 5.82 Å². The first-order valence-corrected chi connectivity index (χ1v) is 7.36. The highest BCUT2D eigenvalue weighted by atomic mass is 19.1. The van der Waals surface area contributed by atoms with E-state index in [1.54, 1.807) is 24.3 Å². The third-order valence-electron chi connectivity index (χ3n) is 3.41. The van der Waals surface area contributed by atoms with E-state index < -0.39 is 11.7 Å². The third kappa shape index (κ3) is 3.62. The van der Waals surface area contributed by atoms with E-state index in [4.69, 9.17) is 9.47 Å². The molecule has 3 rings (SSSR count). The van der Waals surface area contributed by atoms with Crippen LogP contribution in [-0.4, -0.2) is 25.2 Å². The molecule has 0 saturated carbocycles. The molecule has 7 heteroatoms. The van der Waals surface area contributed by atoms with Crippen LogP contribution in [0.25, 0.3) is 0 Å². The van der Waals surface area contributed by atoms with Gasteiger partial charge < -0.3 is 20.1 Å². The Morgan fingerprint density at radius 3 is 2.71 bits per heavy atom. The van der Waals surface area contributed by atoms with Gasteiger partial charge in [-0.15, -0.1) is 0 Å². The van der Waals surface area contributed by atoms with Gasteiger partial charge in [0, 0.05) is 24.7 Å². The maximum atomic E-state index is 13.5. The number of ether oxygens (including phenoxy) is 2. The molecule has 124 valence electrons. The number of halogens is 1. The Morgan fingerprint density at radius 1 is 1.08 bits per heavy atom. The molecular formula is C17H15FN2O4. The predicted molar refractivity (Wildman–Crippen MR) is 84.5 cm³/mol. The molecule has 1 aliphatic rings. The number of hydrogen-bond donors (Lipinski definition) is 2. The second-order valence-electron chi connectivity index (χ2n) is 5.10. The largest absolute Gasteiger partial charge is 0.454 e. The third-order valence-corrected chi connectivity index (χ3v) is 3.41. The van der Waals surface area contributed by atoms with Crippen molar-refractivity contribution in [3.8, 4) is 11.5 Å². The van der Waals surface area contributed by atoms with Gasteiger partial charge >= 0.3 is 0 Å². The van der Waals surface area contributed by atoms with Gasteiger partial charge in [-0.2, -0.15) is 0 Å². The fourth-order valence-corrected chi connectivity index (χ4v) is 2.23. The Hall–Kier alpha value is -3.09. The van der Waals surface area contributed by atoms with Crippen molar-refractivity contribution < 1.29 is 23.5 Å². The van der Waals surface area contributed by atoms with Crippen LogP contribution in [0.3, 0.4) is 0 Å². The van der Waals surface area contributed by atoms with Crippen LogP contribution in [0.15, 0.2) is 42.5 Å². The predicted octanol–water partition coefficient (Wildman–Crippen LogP) is 2.31. The highest BCUT2D eigenvalue weighted by Crippen LogP contribution is 2.34. The lowest BCUT2D eigenvalue weighted by Gasteiger charge is -2.08. The van der Waals surface area contributed by atoms with Crippen molar-refractivity contribution in [2.24, 2.45) is 0 Å². The van der Waals surface area contributed by atoms with Crippen LogP contribution in [0.1, 0.15) is 16.8 Å². The molecule has 0 bridgehead atoms. The minimum Gasteiger partial charge on any atom is -0.454 e. The minimum absolute atomic E-state index is 0.0475. The number of carbonyl (C=O) groups excluding carboxylic acids is 2. The number of rotatable bonds is 5. The molecule has 2 amide bonds. The zero-order valence-electron chi connectivity index (χ0n) is 12.7. The van der Waals surface area contributed by atoms with Crippen molar-refractivity contribution in [1.29, 1.82) is 0 Å². The number of benzene rings is 2. The topological polar surface area (TPSA) is 76.7 Å². The summed E-state index contributed by atoms with van der Waals surface area (Å²) in [5, 5.41) is 5.21. The van der Waals surface area contributed by atoms with E-state index in [0.717, 1.165) is 0 Å². The number of hydrogen-bond acceptors (Lipinski definition) is 4. The summed E-state index contributed by atoms with van der Waals surface area (Å²) in [7, 11) is 0. The Balaban J connectivity index is 1.48. The van der Waals surface area contributed by atoms with Crippen molar-refractivity contribution in [2.75, 3.05) is 18.7 Å². The average molecular weight is 330 g/mol. The highest BCUT2D eigenvalue weighted by Gasteiger charge is 2.14. The molecule has 0 spiro atoms. The lowest BCUT2D eigenvalue weighted by atomic mass is 10.2. The van der Waals surface area contributed by atoms with Crippen LogP contribution in [0.5, 0.6) is 11.5 Å². The van der Waals surface area contributed by atoms with E-state index in [1.165, 1.54) is 18.2 Å². The van der Waals surface area contributed by atoms with Gasteiger partial charge in [-0.1, -0.05) is 12.1 Å². The van der Waals surface area contributed by atoms with E-state index in [9.17, 15) is 14.0 Å². The smallest absolute Gasteiger partial charge is 0.254 e. The van der Waals surface area contributed by atoms with Crippen LogP contribution >= 0.6 is 0 Å². The summed E-state index contributed by atoms with van der Waals surface area (Å²) in [5.74, 6) is -0.225. The van der Waals surface area contributed by atoms with Crippen LogP contribution in [-0.2, 0) is 4.79 Å². The summed E-state index contributed by atoms with van der Waals surface area (Å²) in [5.41, 5.74) is 0.526. The normalized spacial score (nSPS) is 11.9. The second-order valence-corrected chi connectivity index (χ2v) is 5.10. The van der Waals surface area contributed by atoms with Crippen molar-refractivity contribution in [3.63, 3.8) is 0 Å². The highest BCUT2D eigenvalue weighted by molar-refractivity contribution is 5.95. The summed E-state index contributed by atoms with van der Waals surface area (Å²) >= 11 is 0. The summed E-state index contributed by atoms with van der Waals surface area (Å²) < 4.78 is 23.9. The van der Waals surface area contributed by atoms with Gasteiger partial charge in [-0.05, 0) is 24.3 Å². The summed E-state index contributed by atoms with van der Waals surface area (Å²) in [6.45, 7) is 0.262. The molecule has 2 aromatic carbocycles. The number of fused-ring (bicyclic) bond motifs is 1. The molecule has 0 fully saturated rings. The Labute approximate surface area is 137 Å². The Kier molecular flexibility index (Phi) is 4.60. The first-order valence-electron chi connectivity index (χ1n) is 7.36. The summed E-state index contributed by atoms with van der Waals surface area (Å²) in [4.78, 5) is 23.7. The molecule has 2 N–H and O–H groups in total. The Bertz CT molecular complexity index is 779. The molecule has 0 aromatic heterocycles. The lowest BCUT2D eigenvalue weighted by molar-refractivity contribution is -0.116. The number of anilines is 1. The van der Waals surface area contributed by atoms with E-state index >= 15 is 0 Å². The zero-order valence-corrected chi connectivity index (χ0v) is 12.7. The van der Waals surface area contributed by atoms with Gasteiger partial charge in [0.15, 0.2) is 11.5 Å². The molecule has 0 radical (unpaired) electrons. The second kappa shape index (κ2) is 6.99. The van der Waals surface area contributed by atoms with Gasteiger partial charge in [0.05, 0.1) is 5.56 Å². The molecule has 1 aliphatic heterocycles. The van der Waals surface area contributed by atoms with Crippen LogP contribution in [0.2, 0.25) is 0 Å². The van der Waals surface area contributed by atoms with Gasteiger partial charge in [-0.25, -0.2) is 4.39 Å². The molecule has 0 atom stereocenters. The molecule has 0 unspecified atom stereocenters. The first kappa shape index (κ1) is 15.8. The van der Waals surface area contributed by atoms with Crippen LogP contribution in [0.4, 0.5) is 10.1 Å². The molecule has 0 saturated heterocycles. The van der Waals surface area contributed by atoms with Crippen molar-refractivity contribution in [2.45, 2.75) is 6.42 Å².